The number of hydrogen-bond acceptors (Lipinski definition) is 5. The van der Waals surface area contributed by atoms with E-state index in [9.17, 15) is 14.4 Å². The van der Waals surface area contributed by atoms with E-state index >= 15 is 0 Å². The van der Waals surface area contributed by atoms with Gasteiger partial charge in [0.15, 0.2) is 0 Å². The van der Waals surface area contributed by atoms with Gasteiger partial charge in [-0.2, -0.15) is 0 Å². The number of aryl methyl sites for hydroxylation is 1. The highest BCUT2D eigenvalue weighted by atomic mass is 35.5. The summed E-state index contributed by atoms with van der Waals surface area (Å²) in [5, 5.41) is 2.95. The predicted octanol–water partition coefficient (Wildman–Crippen LogP) is 4.65. The van der Waals surface area contributed by atoms with E-state index < -0.39 is 11.6 Å². The van der Waals surface area contributed by atoms with Gasteiger partial charge in [-0.15, -0.1) is 12.4 Å². The Hall–Kier alpha value is -2.90. The summed E-state index contributed by atoms with van der Waals surface area (Å²) in [6.07, 6.45) is 5.14. The third-order valence-electron chi connectivity index (χ3n) is 8.35. The summed E-state index contributed by atoms with van der Waals surface area (Å²) in [6.45, 7) is 6.78. The molecule has 7 nitrogen and oxygen atoms in total. The Kier molecular flexibility index (Phi) is 10.8. The molecule has 1 fully saturated rings. The van der Waals surface area contributed by atoms with Gasteiger partial charge in [0.25, 0.3) is 0 Å². The maximum atomic E-state index is 13.7. The summed E-state index contributed by atoms with van der Waals surface area (Å²) in [5.74, 6) is -0.372. The molecular formula is C32H44ClN3O4. The van der Waals surface area contributed by atoms with Crippen LogP contribution in [0.5, 0.6) is 0 Å². The van der Waals surface area contributed by atoms with Crippen molar-refractivity contribution in [2.45, 2.75) is 88.6 Å². The molecule has 3 N–H and O–H groups in total. The molecule has 1 heterocycles. The Morgan fingerprint density at radius 2 is 1.73 bits per heavy atom. The smallest absolute Gasteiger partial charge is 0.306 e. The fourth-order valence-electron chi connectivity index (χ4n) is 6.24. The Labute approximate surface area is 244 Å². The SMILES string of the molecule is CCOC(=O)CC1CC2(CCN(C(=O)[C@@H](CCCc3ccccc3)NC(=O)C(C)(C)N)CC2)c2ccccc21.Cl. The summed E-state index contributed by atoms with van der Waals surface area (Å²) in [4.78, 5) is 40.7. The van der Waals surface area contributed by atoms with E-state index in [-0.39, 0.29) is 41.5 Å². The average Bonchev–Trinajstić information content (AvgIpc) is 3.20. The van der Waals surface area contributed by atoms with E-state index in [0.29, 0.717) is 32.5 Å². The first-order chi connectivity index (χ1) is 18.6. The molecule has 4 rings (SSSR count). The number of carbonyl (C=O) groups excluding carboxylic acids is 3. The number of rotatable bonds is 10. The predicted molar refractivity (Wildman–Crippen MR) is 159 cm³/mol. The lowest BCUT2D eigenvalue weighted by Gasteiger charge is -2.41. The van der Waals surface area contributed by atoms with Gasteiger partial charge in [-0.25, -0.2) is 0 Å². The molecule has 0 aromatic heterocycles. The van der Waals surface area contributed by atoms with Crippen molar-refractivity contribution in [2.24, 2.45) is 5.73 Å². The van der Waals surface area contributed by atoms with Crippen molar-refractivity contribution in [1.82, 2.24) is 10.2 Å². The first-order valence-electron chi connectivity index (χ1n) is 14.3. The van der Waals surface area contributed by atoms with Gasteiger partial charge in [0.1, 0.15) is 6.04 Å². The summed E-state index contributed by atoms with van der Waals surface area (Å²) >= 11 is 0. The number of nitrogens with one attached hydrogen (secondary N) is 1. The van der Waals surface area contributed by atoms with E-state index in [0.717, 1.165) is 32.1 Å². The second kappa shape index (κ2) is 13.6. The average molecular weight is 570 g/mol. The number of ether oxygens (including phenoxy) is 1. The molecule has 1 unspecified atom stereocenters. The normalized spacial score (nSPS) is 18.4. The highest BCUT2D eigenvalue weighted by molar-refractivity contribution is 5.91. The summed E-state index contributed by atoms with van der Waals surface area (Å²) in [7, 11) is 0. The highest BCUT2D eigenvalue weighted by Crippen LogP contribution is 2.52. The maximum Gasteiger partial charge on any atom is 0.306 e. The van der Waals surface area contributed by atoms with Crippen LogP contribution in [0.2, 0.25) is 0 Å². The van der Waals surface area contributed by atoms with Crippen LogP contribution in [0.4, 0.5) is 0 Å². The topological polar surface area (TPSA) is 102 Å². The van der Waals surface area contributed by atoms with Crippen LogP contribution >= 0.6 is 12.4 Å². The second-order valence-corrected chi connectivity index (χ2v) is 11.7. The minimum absolute atomic E-state index is 0. The maximum absolute atomic E-state index is 13.7. The minimum Gasteiger partial charge on any atom is -0.466 e. The molecule has 218 valence electrons. The van der Waals surface area contributed by atoms with Crippen molar-refractivity contribution in [3.8, 4) is 0 Å². The number of benzene rings is 2. The Morgan fingerprint density at radius 3 is 2.38 bits per heavy atom. The van der Waals surface area contributed by atoms with Crippen LogP contribution in [0, 0.1) is 0 Å². The standard InChI is InChI=1S/C32H43N3O4.ClH/c1-4-39-28(36)21-24-22-32(26-15-9-8-14-25(24)26)17-19-35(20-18-32)29(37)27(34-30(38)31(2,3)33)16-10-13-23-11-6-5-7-12-23;/h5-9,11-12,14-15,24,27H,4,10,13,16-22,33H2,1-3H3,(H,34,38);1H/t24?,27-;/m1./s1. The summed E-state index contributed by atoms with van der Waals surface area (Å²) in [5.41, 5.74) is 8.70. The summed E-state index contributed by atoms with van der Waals surface area (Å²) < 4.78 is 5.25. The zero-order valence-electron chi connectivity index (χ0n) is 24.0. The lowest BCUT2D eigenvalue weighted by Crippen LogP contribution is -2.57. The van der Waals surface area contributed by atoms with Crippen LogP contribution in [0.15, 0.2) is 54.6 Å². The number of esters is 1. The highest BCUT2D eigenvalue weighted by Gasteiger charge is 2.46. The molecule has 2 aromatic carbocycles. The molecule has 8 heteroatoms. The van der Waals surface area contributed by atoms with Crippen molar-refractivity contribution >= 4 is 30.2 Å². The number of piperidine rings is 1. The molecule has 2 aromatic rings. The molecule has 2 amide bonds. The van der Waals surface area contributed by atoms with Crippen molar-refractivity contribution in [2.75, 3.05) is 19.7 Å². The van der Waals surface area contributed by atoms with Crippen LogP contribution in [-0.2, 0) is 31.0 Å². The van der Waals surface area contributed by atoms with Crippen LogP contribution in [0.1, 0.15) is 81.9 Å². The van der Waals surface area contributed by atoms with Gasteiger partial charge in [0, 0.05) is 13.1 Å². The largest absolute Gasteiger partial charge is 0.466 e. The molecule has 1 aliphatic heterocycles. The number of hydrogen-bond donors (Lipinski definition) is 2. The zero-order chi connectivity index (χ0) is 28.0. The Balaban J connectivity index is 0.00000441. The fourth-order valence-corrected chi connectivity index (χ4v) is 6.24. The minimum atomic E-state index is -1.06. The quantitative estimate of drug-likeness (QED) is 0.405. The number of nitrogens with two attached hydrogens (primary N) is 1. The Morgan fingerprint density at radius 1 is 1.07 bits per heavy atom. The van der Waals surface area contributed by atoms with E-state index in [1.165, 1.54) is 16.7 Å². The van der Waals surface area contributed by atoms with Crippen molar-refractivity contribution < 1.29 is 19.1 Å². The van der Waals surface area contributed by atoms with Crippen molar-refractivity contribution in [1.29, 1.82) is 0 Å². The van der Waals surface area contributed by atoms with Crippen LogP contribution in [0.25, 0.3) is 0 Å². The van der Waals surface area contributed by atoms with Gasteiger partial charge in [0.05, 0.1) is 18.6 Å². The molecule has 0 saturated carbocycles. The third kappa shape index (κ3) is 7.43. The monoisotopic (exact) mass is 569 g/mol. The van der Waals surface area contributed by atoms with Crippen LogP contribution < -0.4 is 11.1 Å². The van der Waals surface area contributed by atoms with Gasteiger partial charge in [-0.05, 0) is 87.3 Å². The Bertz CT molecular complexity index is 1160. The summed E-state index contributed by atoms with van der Waals surface area (Å²) in [6, 6.07) is 18.0. The number of nitrogens with zero attached hydrogens (tertiary/aromatic N) is 1. The van der Waals surface area contributed by atoms with Gasteiger partial charge >= 0.3 is 5.97 Å². The van der Waals surface area contributed by atoms with Crippen LogP contribution in [0.3, 0.4) is 0 Å². The number of halogens is 1. The first-order valence-corrected chi connectivity index (χ1v) is 14.3. The fraction of sp³-hybridized carbons (Fsp3) is 0.531. The molecule has 1 saturated heterocycles. The molecule has 2 atom stereocenters. The van der Waals surface area contributed by atoms with E-state index in [1.807, 2.05) is 36.1 Å². The van der Waals surface area contributed by atoms with Crippen LogP contribution in [-0.4, -0.2) is 54.0 Å². The lowest BCUT2D eigenvalue weighted by molar-refractivity contribution is -0.143. The van der Waals surface area contributed by atoms with E-state index in [2.05, 4.69) is 35.6 Å². The van der Waals surface area contributed by atoms with Crippen molar-refractivity contribution in [3.63, 3.8) is 0 Å². The molecule has 40 heavy (non-hydrogen) atoms. The number of carbonyl (C=O) groups is 3. The number of fused-ring (bicyclic) bond motifs is 2. The van der Waals surface area contributed by atoms with Gasteiger partial charge in [-0.3, -0.25) is 14.4 Å². The molecule has 1 aliphatic carbocycles. The van der Waals surface area contributed by atoms with Crippen molar-refractivity contribution in [3.05, 3.63) is 71.3 Å². The molecule has 0 radical (unpaired) electrons. The molecule has 0 bridgehead atoms. The van der Waals surface area contributed by atoms with Gasteiger partial charge < -0.3 is 20.7 Å². The first kappa shape index (κ1) is 31.6. The molecule has 2 aliphatic rings. The third-order valence-corrected chi connectivity index (χ3v) is 8.35. The lowest BCUT2D eigenvalue weighted by atomic mass is 9.73. The molecule has 1 spiro atoms. The van der Waals surface area contributed by atoms with E-state index in [1.54, 1.807) is 13.8 Å². The van der Waals surface area contributed by atoms with Gasteiger partial charge in [-0.1, -0.05) is 54.6 Å². The zero-order valence-corrected chi connectivity index (χ0v) is 24.8. The van der Waals surface area contributed by atoms with Gasteiger partial charge in [0.2, 0.25) is 11.8 Å². The molecular weight excluding hydrogens is 526 g/mol. The second-order valence-electron chi connectivity index (χ2n) is 11.7. The number of amides is 2. The number of likely N-dealkylation sites (tertiary alicyclic amines) is 1. The van der Waals surface area contributed by atoms with E-state index in [4.69, 9.17) is 10.5 Å².